The maximum Gasteiger partial charge on any atom is 0.159 e. The number of halogens is 2. The van der Waals surface area contributed by atoms with Crippen LogP contribution in [0.4, 0.5) is 8.78 Å². The van der Waals surface area contributed by atoms with Gasteiger partial charge in [0.15, 0.2) is 11.6 Å². The average molecular weight is 241 g/mol. The van der Waals surface area contributed by atoms with Crippen LogP contribution in [0.1, 0.15) is 12.5 Å². The molecule has 1 aromatic carbocycles. The highest BCUT2D eigenvalue weighted by molar-refractivity contribution is 5.17. The van der Waals surface area contributed by atoms with Crippen LogP contribution in [0.15, 0.2) is 30.4 Å². The number of rotatable bonds is 7. The highest BCUT2D eigenvalue weighted by Crippen LogP contribution is 2.08. The van der Waals surface area contributed by atoms with Gasteiger partial charge in [0.2, 0.25) is 0 Å². The highest BCUT2D eigenvalue weighted by Gasteiger charge is 2.01. The molecule has 4 heteroatoms. The van der Waals surface area contributed by atoms with Crippen LogP contribution in [0.5, 0.6) is 0 Å². The summed E-state index contributed by atoms with van der Waals surface area (Å²) >= 11 is 0. The van der Waals surface area contributed by atoms with Gasteiger partial charge in [0.05, 0.1) is 13.2 Å². The van der Waals surface area contributed by atoms with Crippen LogP contribution >= 0.6 is 0 Å². The summed E-state index contributed by atoms with van der Waals surface area (Å²) in [5, 5.41) is 3.08. The van der Waals surface area contributed by atoms with Crippen molar-refractivity contribution in [2.24, 2.45) is 0 Å². The summed E-state index contributed by atoms with van der Waals surface area (Å²) in [6.45, 7) is 7.88. The van der Waals surface area contributed by atoms with Crippen molar-refractivity contribution in [1.29, 1.82) is 0 Å². The van der Waals surface area contributed by atoms with E-state index in [-0.39, 0.29) is 0 Å². The Hall–Kier alpha value is -1.26. The fourth-order valence-corrected chi connectivity index (χ4v) is 1.27. The minimum absolute atomic E-state index is 0.494. The van der Waals surface area contributed by atoms with Crippen molar-refractivity contribution in [1.82, 2.24) is 5.32 Å². The van der Waals surface area contributed by atoms with Crippen molar-refractivity contribution < 1.29 is 13.5 Å². The molecule has 0 fully saturated rings. The van der Waals surface area contributed by atoms with E-state index in [0.29, 0.717) is 31.9 Å². The first-order chi connectivity index (χ1) is 8.09. The molecule has 0 aliphatic carbocycles. The number of hydrogen-bond donors (Lipinski definition) is 1. The van der Waals surface area contributed by atoms with E-state index in [1.54, 1.807) is 6.07 Å². The zero-order chi connectivity index (χ0) is 12.7. The van der Waals surface area contributed by atoms with Crippen molar-refractivity contribution >= 4 is 0 Å². The molecule has 0 atom stereocenters. The van der Waals surface area contributed by atoms with Crippen molar-refractivity contribution in [3.05, 3.63) is 47.5 Å². The van der Waals surface area contributed by atoms with Gasteiger partial charge in [-0.1, -0.05) is 18.2 Å². The first-order valence-corrected chi connectivity index (χ1v) is 5.46. The molecule has 0 aliphatic heterocycles. The van der Waals surface area contributed by atoms with Gasteiger partial charge in [-0.15, -0.1) is 0 Å². The van der Waals surface area contributed by atoms with Crippen LogP contribution in [0.25, 0.3) is 0 Å². The fourth-order valence-electron chi connectivity index (χ4n) is 1.27. The van der Waals surface area contributed by atoms with Gasteiger partial charge >= 0.3 is 0 Å². The lowest BCUT2D eigenvalue weighted by molar-refractivity contribution is 0.157. The van der Waals surface area contributed by atoms with E-state index in [9.17, 15) is 8.78 Å². The molecule has 0 unspecified atom stereocenters. The van der Waals surface area contributed by atoms with Crippen molar-refractivity contribution in [3.8, 4) is 0 Å². The van der Waals surface area contributed by atoms with E-state index < -0.39 is 11.6 Å². The second-order valence-electron chi connectivity index (χ2n) is 3.93. The molecular formula is C13H17F2NO. The summed E-state index contributed by atoms with van der Waals surface area (Å²) in [6, 6.07) is 3.88. The second-order valence-corrected chi connectivity index (χ2v) is 3.93. The van der Waals surface area contributed by atoms with Gasteiger partial charge in [-0.05, 0) is 24.6 Å². The van der Waals surface area contributed by atoms with E-state index in [4.69, 9.17) is 4.74 Å². The minimum atomic E-state index is -0.821. The first kappa shape index (κ1) is 13.8. The van der Waals surface area contributed by atoms with Gasteiger partial charge in [0, 0.05) is 13.1 Å². The number of benzene rings is 1. The Kier molecular flexibility index (Phi) is 5.80. The Morgan fingerprint density at radius 1 is 1.35 bits per heavy atom. The Morgan fingerprint density at radius 3 is 2.76 bits per heavy atom. The van der Waals surface area contributed by atoms with E-state index in [1.807, 2.05) is 6.92 Å². The maximum absolute atomic E-state index is 12.9. The summed E-state index contributed by atoms with van der Waals surface area (Å²) in [4.78, 5) is 0. The van der Waals surface area contributed by atoms with Crippen LogP contribution in [-0.4, -0.2) is 19.8 Å². The zero-order valence-corrected chi connectivity index (χ0v) is 9.93. The smallest absolute Gasteiger partial charge is 0.159 e. The third-order valence-corrected chi connectivity index (χ3v) is 2.08. The molecule has 0 aromatic heterocycles. The molecule has 17 heavy (non-hydrogen) atoms. The predicted octanol–water partition coefficient (Wildman–Crippen LogP) is 2.65. The van der Waals surface area contributed by atoms with E-state index >= 15 is 0 Å². The molecule has 0 radical (unpaired) electrons. The van der Waals surface area contributed by atoms with Crippen molar-refractivity contribution in [2.45, 2.75) is 13.5 Å². The topological polar surface area (TPSA) is 21.3 Å². The molecule has 1 aromatic rings. The largest absolute Gasteiger partial charge is 0.376 e. The third kappa shape index (κ3) is 5.56. The monoisotopic (exact) mass is 241 g/mol. The van der Waals surface area contributed by atoms with E-state index in [1.165, 1.54) is 6.07 Å². The molecule has 2 nitrogen and oxygen atoms in total. The molecule has 0 aliphatic rings. The lowest BCUT2D eigenvalue weighted by Crippen LogP contribution is -2.19. The standard InChI is InChI=1S/C13H17F2NO/c1-10(2)9-17-6-5-16-8-11-3-4-12(14)13(15)7-11/h3-4,7,16H,1,5-6,8-9H2,2H3. The SMILES string of the molecule is C=C(C)COCCNCc1ccc(F)c(F)c1. The quantitative estimate of drug-likeness (QED) is 0.585. The van der Waals surface area contributed by atoms with Gasteiger partial charge in [-0.2, -0.15) is 0 Å². The highest BCUT2D eigenvalue weighted by atomic mass is 19.2. The minimum Gasteiger partial charge on any atom is -0.376 e. The maximum atomic E-state index is 12.9. The normalized spacial score (nSPS) is 10.5. The lowest BCUT2D eigenvalue weighted by Gasteiger charge is -2.06. The fraction of sp³-hybridized carbons (Fsp3) is 0.385. The van der Waals surface area contributed by atoms with Gasteiger partial charge in [-0.25, -0.2) is 8.78 Å². The molecule has 94 valence electrons. The molecule has 0 amide bonds. The van der Waals surface area contributed by atoms with Crippen molar-refractivity contribution in [2.75, 3.05) is 19.8 Å². The van der Waals surface area contributed by atoms with Crippen molar-refractivity contribution in [3.63, 3.8) is 0 Å². The molecule has 1 rings (SSSR count). The van der Waals surface area contributed by atoms with Gasteiger partial charge in [0.1, 0.15) is 0 Å². The third-order valence-electron chi connectivity index (χ3n) is 2.08. The summed E-state index contributed by atoms with van der Waals surface area (Å²) in [5.74, 6) is -1.64. The van der Waals surface area contributed by atoms with Crippen LogP contribution in [-0.2, 0) is 11.3 Å². The molecule has 0 saturated heterocycles. The Labute approximate surface area is 100 Å². The zero-order valence-electron chi connectivity index (χ0n) is 9.93. The lowest BCUT2D eigenvalue weighted by atomic mass is 10.2. The predicted molar refractivity (Wildman–Crippen MR) is 63.7 cm³/mol. The van der Waals surface area contributed by atoms with Gasteiger partial charge < -0.3 is 10.1 Å². The van der Waals surface area contributed by atoms with E-state index in [0.717, 1.165) is 11.6 Å². The second kappa shape index (κ2) is 7.14. The Balaban J connectivity index is 2.18. The first-order valence-electron chi connectivity index (χ1n) is 5.46. The summed E-state index contributed by atoms with van der Waals surface area (Å²) < 4.78 is 30.8. The van der Waals surface area contributed by atoms with E-state index in [2.05, 4.69) is 11.9 Å². The van der Waals surface area contributed by atoms with Gasteiger partial charge in [-0.3, -0.25) is 0 Å². The van der Waals surface area contributed by atoms with Crippen LogP contribution in [0.3, 0.4) is 0 Å². The van der Waals surface area contributed by atoms with Gasteiger partial charge in [0.25, 0.3) is 0 Å². The summed E-state index contributed by atoms with van der Waals surface area (Å²) in [5.41, 5.74) is 1.69. The van der Waals surface area contributed by atoms with Crippen LogP contribution in [0, 0.1) is 11.6 Å². The number of ether oxygens (including phenoxy) is 1. The number of nitrogens with one attached hydrogen (secondary N) is 1. The van der Waals surface area contributed by atoms with Crippen LogP contribution in [0.2, 0.25) is 0 Å². The molecule has 1 N–H and O–H groups in total. The number of hydrogen-bond acceptors (Lipinski definition) is 2. The summed E-state index contributed by atoms with van der Waals surface area (Å²) in [6.07, 6.45) is 0. The molecular weight excluding hydrogens is 224 g/mol. The Morgan fingerprint density at radius 2 is 2.12 bits per heavy atom. The Bertz CT molecular complexity index is 380. The van der Waals surface area contributed by atoms with Crippen LogP contribution < -0.4 is 5.32 Å². The molecule has 0 spiro atoms. The summed E-state index contributed by atoms with van der Waals surface area (Å²) in [7, 11) is 0. The molecule has 0 bridgehead atoms. The average Bonchev–Trinajstić information content (AvgIpc) is 2.27. The molecule has 0 saturated carbocycles. The molecule has 0 heterocycles.